The Kier molecular flexibility index (Phi) is 5.70. The number of nitro groups is 1. The first kappa shape index (κ1) is 18.2. The van der Waals surface area contributed by atoms with Gasteiger partial charge < -0.3 is 9.47 Å². The molecule has 0 saturated carbocycles. The van der Waals surface area contributed by atoms with Crippen LogP contribution < -0.4 is 9.47 Å². The number of aryl methyl sites for hydroxylation is 1. The van der Waals surface area contributed by atoms with Crippen molar-refractivity contribution in [1.82, 2.24) is 4.98 Å². The summed E-state index contributed by atoms with van der Waals surface area (Å²) in [6.45, 7) is 2.34. The standard InChI is InChI=1S/C18H15ClN2O4S/c1-12-2-7-16(21(22)23)17(8-12)25-9-14-11-26-18(20-14)10-24-15-5-3-13(19)4-6-15/h2-8,11H,9-10H2,1H3. The molecule has 26 heavy (non-hydrogen) atoms. The number of rotatable bonds is 7. The topological polar surface area (TPSA) is 74.5 Å². The molecular weight excluding hydrogens is 376 g/mol. The van der Waals surface area contributed by atoms with E-state index in [2.05, 4.69) is 4.98 Å². The summed E-state index contributed by atoms with van der Waals surface area (Å²) >= 11 is 7.28. The zero-order chi connectivity index (χ0) is 18.5. The summed E-state index contributed by atoms with van der Waals surface area (Å²) in [6.07, 6.45) is 0. The lowest BCUT2D eigenvalue weighted by atomic mass is 10.2. The number of ether oxygens (including phenoxy) is 2. The summed E-state index contributed by atoms with van der Waals surface area (Å²) in [4.78, 5) is 15.0. The molecule has 0 N–H and O–H groups in total. The van der Waals surface area contributed by atoms with Crippen LogP contribution in [0.25, 0.3) is 0 Å². The average molecular weight is 391 g/mol. The highest BCUT2D eigenvalue weighted by molar-refractivity contribution is 7.09. The van der Waals surface area contributed by atoms with Crippen molar-refractivity contribution in [3.63, 3.8) is 0 Å². The van der Waals surface area contributed by atoms with Crippen LogP contribution in [0.2, 0.25) is 5.02 Å². The highest BCUT2D eigenvalue weighted by Crippen LogP contribution is 2.28. The van der Waals surface area contributed by atoms with Gasteiger partial charge in [0.25, 0.3) is 0 Å². The van der Waals surface area contributed by atoms with Crippen LogP contribution in [-0.2, 0) is 13.2 Å². The molecule has 0 unspecified atom stereocenters. The van der Waals surface area contributed by atoms with E-state index in [9.17, 15) is 10.1 Å². The van der Waals surface area contributed by atoms with Crippen molar-refractivity contribution < 1.29 is 14.4 Å². The van der Waals surface area contributed by atoms with Gasteiger partial charge in [-0.2, -0.15) is 0 Å². The van der Waals surface area contributed by atoms with E-state index in [0.29, 0.717) is 23.1 Å². The third kappa shape index (κ3) is 4.71. The number of hydrogen-bond acceptors (Lipinski definition) is 6. The number of hydrogen-bond donors (Lipinski definition) is 0. The van der Waals surface area contributed by atoms with E-state index in [-0.39, 0.29) is 18.0 Å². The third-order valence-corrected chi connectivity index (χ3v) is 4.59. The molecule has 0 radical (unpaired) electrons. The summed E-state index contributed by atoms with van der Waals surface area (Å²) in [5, 5.41) is 14.4. The van der Waals surface area contributed by atoms with Crippen LogP contribution in [0.3, 0.4) is 0 Å². The molecule has 3 aromatic rings. The van der Waals surface area contributed by atoms with Crippen molar-refractivity contribution in [1.29, 1.82) is 0 Å². The van der Waals surface area contributed by atoms with Gasteiger partial charge in [-0.3, -0.25) is 10.1 Å². The Labute approximate surface area is 159 Å². The fourth-order valence-electron chi connectivity index (χ4n) is 2.20. The molecule has 0 spiro atoms. The molecule has 3 rings (SSSR count). The van der Waals surface area contributed by atoms with E-state index in [0.717, 1.165) is 10.6 Å². The summed E-state index contributed by atoms with van der Waals surface area (Å²) in [5.41, 5.74) is 1.53. The Morgan fingerprint density at radius 2 is 1.92 bits per heavy atom. The smallest absolute Gasteiger partial charge is 0.310 e. The fraction of sp³-hybridized carbons (Fsp3) is 0.167. The predicted octanol–water partition coefficient (Wildman–Crippen LogP) is 5.17. The second-order valence-electron chi connectivity index (χ2n) is 5.49. The van der Waals surface area contributed by atoms with Crippen molar-refractivity contribution in [3.8, 4) is 11.5 Å². The molecule has 2 aromatic carbocycles. The first-order chi connectivity index (χ1) is 12.5. The van der Waals surface area contributed by atoms with E-state index >= 15 is 0 Å². The van der Waals surface area contributed by atoms with Crippen molar-refractivity contribution >= 4 is 28.6 Å². The summed E-state index contributed by atoms with van der Waals surface area (Å²) in [5.74, 6) is 0.944. The van der Waals surface area contributed by atoms with E-state index in [4.69, 9.17) is 21.1 Å². The van der Waals surface area contributed by atoms with Crippen LogP contribution in [0.5, 0.6) is 11.5 Å². The Bertz CT molecular complexity index is 912. The second-order valence-corrected chi connectivity index (χ2v) is 6.87. The normalized spacial score (nSPS) is 10.5. The molecule has 0 aliphatic heterocycles. The first-order valence-electron chi connectivity index (χ1n) is 7.71. The maximum Gasteiger partial charge on any atom is 0.310 e. The first-order valence-corrected chi connectivity index (χ1v) is 8.96. The Balaban J connectivity index is 1.59. The molecule has 0 fully saturated rings. The fourth-order valence-corrected chi connectivity index (χ4v) is 3.01. The minimum atomic E-state index is -0.457. The van der Waals surface area contributed by atoms with Gasteiger partial charge in [-0.25, -0.2) is 4.98 Å². The minimum Gasteiger partial charge on any atom is -0.486 e. The maximum atomic E-state index is 11.1. The molecule has 6 nitrogen and oxygen atoms in total. The Hall–Kier alpha value is -2.64. The molecule has 0 bridgehead atoms. The number of thiazole rings is 1. The van der Waals surface area contributed by atoms with Crippen LogP contribution in [0.1, 0.15) is 16.3 Å². The quantitative estimate of drug-likeness (QED) is 0.411. The number of aromatic nitrogens is 1. The maximum absolute atomic E-state index is 11.1. The van der Waals surface area contributed by atoms with Crippen molar-refractivity contribution in [2.75, 3.05) is 0 Å². The van der Waals surface area contributed by atoms with Crippen LogP contribution in [-0.4, -0.2) is 9.91 Å². The molecule has 1 heterocycles. The van der Waals surface area contributed by atoms with Crippen LogP contribution in [0.15, 0.2) is 47.8 Å². The minimum absolute atomic E-state index is 0.0582. The molecule has 134 valence electrons. The summed E-state index contributed by atoms with van der Waals surface area (Å²) < 4.78 is 11.3. The van der Waals surface area contributed by atoms with Crippen molar-refractivity contribution in [2.45, 2.75) is 20.1 Å². The molecule has 0 saturated heterocycles. The molecule has 0 aliphatic carbocycles. The van der Waals surface area contributed by atoms with Gasteiger partial charge in [0, 0.05) is 16.5 Å². The van der Waals surface area contributed by atoms with E-state index in [1.807, 2.05) is 12.3 Å². The largest absolute Gasteiger partial charge is 0.486 e. The van der Waals surface area contributed by atoms with Crippen LogP contribution in [0.4, 0.5) is 5.69 Å². The second kappa shape index (κ2) is 8.16. The monoisotopic (exact) mass is 390 g/mol. The average Bonchev–Trinajstić information content (AvgIpc) is 3.07. The van der Waals surface area contributed by atoms with Gasteiger partial charge >= 0.3 is 5.69 Å². The predicted molar refractivity (Wildman–Crippen MR) is 100 cm³/mol. The molecule has 8 heteroatoms. The summed E-state index contributed by atoms with van der Waals surface area (Å²) in [6, 6.07) is 11.9. The lowest BCUT2D eigenvalue weighted by molar-refractivity contribution is -0.386. The third-order valence-electron chi connectivity index (χ3n) is 3.46. The molecule has 0 amide bonds. The Morgan fingerprint density at radius 3 is 2.65 bits per heavy atom. The van der Waals surface area contributed by atoms with Gasteiger partial charge in [0.05, 0.1) is 10.6 Å². The van der Waals surface area contributed by atoms with Gasteiger partial charge in [-0.05, 0) is 42.8 Å². The van der Waals surface area contributed by atoms with E-state index in [1.54, 1.807) is 36.4 Å². The SMILES string of the molecule is Cc1ccc([N+](=O)[O-])c(OCc2csc(COc3ccc(Cl)cc3)n2)c1. The van der Waals surface area contributed by atoms with Crippen LogP contribution >= 0.6 is 22.9 Å². The van der Waals surface area contributed by atoms with E-state index in [1.165, 1.54) is 17.4 Å². The number of halogens is 1. The van der Waals surface area contributed by atoms with E-state index < -0.39 is 4.92 Å². The van der Waals surface area contributed by atoms with Gasteiger partial charge in [0.2, 0.25) is 0 Å². The molecular formula is C18H15ClN2O4S. The number of nitrogens with zero attached hydrogens (tertiary/aromatic N) is 2. The lowest BCUT2D eigenvalue weighted by Crippen LogP contribution is -2.01. The van der Waals surface area contributed by atoms with Crippen LogP contribution in [0, 0.1) is 17.0 Å². The summed E-state index contributed by atoms with van der Waals surface area (Å²) in [7, 11) is 0. The highest BCUT2D eigenvalue weighted by Gasteiger charge is 2.15. The molecule has 1 aromatic heterocycles. The van der Waals surface area contributed by atoms with Gasteiger partial charge in [-0.15, -0.1) is 11.3 Å². The van der Waals surface area contributed by atoms with Crippen molar-refractivity contribution in [3.05, 3.63) is 79.2 Å². The zero-order valence-corrected chi connectivity index (χ0v) is 15.4. The lowest BCUT2D eigenvalue weighted by Gasteiger charge is -2.06. The Morgan fingerprint density at radius 1 is 1.15 bits per heavy atom. The van der Waals surface area contributed by atoms with Crippen molar-refractivity contribution in [2.24, 2.45) is 0 Å². The van der Waals surface area contributed by atoms with Gasteiger partial charge in [0.15, 0.2) is 5.75 Å². The van der Waals surface area contributed by atoms with Gasteiger partial charge in [0.1, 0.15) is 24.0 Å². The molecule has 0 atom stereocenters. The highest BCUT2D eigenvalue weighted by atomic mass is 35.5. The molecule has 0 aliphatic rings. The number of nitro benzene ring substituents is 1. The number of benzene rings is 2. The zero-order valence-electron chi connectivity index (χ0n) is 13.8. The van der Waals surface area contributed by atoms with Gasteiger partial charge in [-0.1, -0.05) is 17.7 Å².